The molecule has 0 aromatic rings. The zero-order valence-corrected chi connectivity index (χ0v) is 13.7. The lowest BCUT2D eigenvalue weighted by molar-refractivity contribution is -0.137. The van der Waals surface area contributed by atoms with E-state index in [4.69, 9.17) is 5.11 Å². The van der Waals surface area contributed by atoms with Gasteiger partial charge in [0.15, 0.2) is 0 Å². The topological polar surface area (TPSA) is 74.6 Å². The summed E-state index contributed by atoms with van der Waals surface area (Å²) >= 11 is 0. The van der Waals surface area contributed by atoms with Gasteiger partial charge >= 0.3 is 5.97 Å². The minimum absolute atomic E-state index is 0.101. The number of carbonyl (C=O) groups is 2. The molecule has 4 heteroatoms. The van der Waals surface area contributed by atoms with Crippen LogP contribution in [0.1, 0.15) is 71.1 Å². The van der Waals surface area contributed by atoms with Crippen molar-refractivity contribution in [2.45, 2.75) is 77.2 Å². The number of allylic oxidation sites excluding steroid dienone is 1. The Morgan fingerprint density at radius 2 is 2.05 bits per heavy atom. The summed E-state index contributed by atoms with van der Waals surface area (Å²) in [4.78, 5) is 22.4. The van der Waals surface area contributed by atoms with Crippen molar-refractivity contribution in [1.29, 1.82) is 0 Å². The number of rotatable bonds is 11. The van der Waals surface area contributed by atoms with Crippen molar-refractivity contribution in [3.63, 3.8) is 0 Å². The maximum Gasteiger partial charge on any atom is 0.303 e. The van der Waals surface area contributed by atoms with Gasteiger partial charge < -0.3 is 10.2 Å². The number of unbranched alkanes of at least 4 members (excludes halogenated alkanes) is 3. The smallest absolute Gasteiger partial charge is 0.303 e. The van der Waals surface area contributed by atoms with Crippen LogP contribution in [0.3, 0.4) is 0 Å². The number of aliphatic hydroxyl groups excluding tert-OH is 1. The Hall–Kier alpha value is -1.16. The Balaban J connectivity index is 2.29. The second-order valence-electron chi connectivity index (χ2n) is 6.36. The lowest BCUT2D eigenvalue weighted by atomic mass is 9.89. The maximum absolute atomic E-state index is 12.0. The third-order valence-corrected chi connectivity index (χ3v) is 4.48. The molecule has 3 atom stereocenters. The molecular formula is C18H30O4. The van der Waals surface area contributed by atoms with Crippen molar-refractivity contribution in [3.8, 4) is 0 Å². The van der Waals surface area contributed by atoms with E-state index >= 15 is 0 Å². The molecule has 0 aromatic heterocycles. The van der Waals surface area contributed by atoms with Crippen LogP contribution in [-0.4, -0.2) is 28.1 Å². The molecule has 1 saturated carbocycles. The van der Waals surface area contributed by atoms with E-state index in [0.29, 0.717) is 12.2 Å². The number of hydrogen-bond acceptors (Lipinski definition) is 3. The van der Waals surface area contributed by atoms with Crippen molar-refractivity contribution in [1.82, 2.24) is 0 Å². The molecular weight excluding hydrogens is 280 g/mol. The summed E-state index contributed by atoms with van der Waals surface area (Å²) in [7, 11) is 0. The Kier molecular flexibility index (Phi) is 9.05. The third kappa shape index (κ3) is 7.21. The van der Waals surface area contributed by atoms with Crippen molar-refractivity contribution in [2.24, 2.45) is 11.8 Å². The molecule has 4 nitrogen and oxygen atoms in total. The van der Waals surface area contributed by atoms with E-state index in [2.05, 4.69) is 0 Å². The number of hydrogen-bond donors (Lipinski definition) is 2. The molecule has 126 valence electrons. The second-order valence-corrected chi connectivity index (χ2v) is 6.36. The van der Waals surface area contributed by atoms with Gasteiger partial charge in [-0.25, -0.2) is 0 Å². The molecule has 22 heavy (non-hydrogen) atoms. The molecule has 0 aromatic carbocycles. The highest BCUT2D eigenvalue weighted by molar-refractivity contribution is 5.83. The van der Waals surface area contributed by atoms with Crippen LogP contribution in [0, 0.1) is 11.8 Å². The molecule has 1 rings (SSSR count). The van der Waals surface area contributed by atoms with E-state index < -0.39 is 12.1 Å². The first-order valence-corrected chi connectivity index (χ1v) is 8.65. The van der Waals surface area contributed by atoms with E-state index in [1.165, 1.54) is 0 Å². The highest BCUT2D eigenvalue weighted by atomic mass is 16.4. The molecule has 0 bridgehead atoms. The van der Waals surface area contributed by atoms with Crippen molar-refractivity contribution in [3.05, 3.63) is 12.2 Å². The van der Waals surface area contributed by atoms with Crippen molar-refractivity contribution >= 4 is 11.8 Å². The third-order valence-electron chi connectivity index (χ3n) is 4.48. The number of ketones is 1. The Labute approximate surface area is 133 Å². The van der Waals surface area contributed by atoms with Gasteiger partial charge in [0, 0.05) is 18.8 Å². The molecule has 1 aliphatic rings. The zero-order valence-electron chi connectivity index (χ0n) is 13.7. The number of carbonyl (C=O) groups excluding carboxylic acids is 1. The summed E-state index contributed by atoms with van der Waals surface area (Å²) in [6.07, 6.45) is 11.5. The summed E-state index contributed by atoms with van der Waals surface area (Å²) in [6, 6.07) is 0. The van der Waals surface area contributed by atoms with Crippen molar-refractivity contribution in [2.75, 3.05) is 0 Å². The summed E-state index contributed by atoms with van der Waals surface area (Å²) in [5.74, 6) is -0.00504. The van der Waals surface area contributed by atoms with Crippen LogP contribution < -0.4 is 0 Å². The Morgan fingerprint density at radius 1 is 1.32 bits per heavy atom. The summed E-state index contributed by atoms with van der Waals surface area (Å²) < 4.78 is 0. The molecule has 2 N–H and O–H groups in total. The number of carboxylic acids is 1. The number of aliphatic carboxylic acids is 1. The molecule has 0 aliphatic heterocycles. The lowest BCUT2D eigenvalue weighted by Crippen LogP contribution is -2.14. The van der Waals surface area contributed by atoms with E-state index in [1.54, 1.807) is 0 Å². The van der Waals surface area contributed by atoms with E-state index in [-0.39, 0.29) is 18.3 Å². The van der Waals surface area contributed by atoms with Gasteiger partial charge in [-0.1, -0.05) is 44.8 Å². The highest BCUT2D eigenvalue weighted by Gasteiger charge is 2.32. The van der Waals surface area contributed by atoms with Crippen LogP contribution in [0.4, 0.5) is 0 Å². The van der Waals surface area contributed by atoms with Gasteiger partial charge in [0.2, 0.25) is 0 Å². The summed E-state index contributed by atoms with van der Waals surface area (Å²) in [6.45, 7) is 2.04. The molecule has 0 radical (unpaired) electrons. The van der Waals surface area contributed by atoms with Gasteiger partial charge in [-0.2, -0.15) is 0 Å². The van der Waals surface area contributed by atoms with Gasteiger partial charge in [0.25, 0.3) is 0 Å². The molecule has 3 unspecified atom stereocenters. The van der Waals surface area contributed by atoms with Gasteiger partial charge in [-0.15, -0.1) is 0 Å². The minimum Gasteiger partial charge on any atom is -0.481 e. The Morgan fingerprint density at radius 3 is 2.73 bits per heavy atom. The van der Waals surface area contributed by atoms with Gasteiger partial charge in [0.1, 0.15) is 5.78 Å². The first-order chi connectivity index (χ1) is 10.5. The van der Waals surface area contributed by atoms with Crippen LogP contribution in [0.15, 0.2) is 12.2 Å². The molecule has 1 aliphatic carbocycles. The molecule has 1 fully saturated rings. The lowest BCUT2D eigenvalue weighted by Gasteiger charge is -2.15. The standard InChI is InChI=1S/C18H30O4/c1-2-7-15(19)12-10-14-11-13-17(20)16(14)8-5-3-4-6-9-18(21)22/h10,12,14-16,19H,2-9,11,13H2,1H3,(H,21,22). The normalized spacial score (nSPS) is 23.3. The largest absolute Gasteiger partial charge is 0.481 e. The first-order valence-electron chi connectivity index (χ1n) is 8.65. The predicted molar refractivity (Wildman–Crippen MR) is 86.6 cm³/mol. The van der Waals surface area contributed by atoms with Crippen LogP contribution in [0.2, 0.25) is 0 Å². The number of aliphatic hydroxyl groups is 1. The second kappa shape index (κ2) is 10.5. The van der Waals surface area contributed by atoms with E-state index in [0.717, 1.165) is 51.4 Å². The first kappa shape index (κ1) is 18.9. The molecule has 0 heterocycles. The fourth-order valence-electron chi connectivity index (χ4n) is 3.20. The van der Waals surface area contributed by atoms with Crippen LogP contribution in [-0.2, 0) is 9.59 Å². The van der Waals surface area contributed by atoms with Gasteiger partial charge in [0.05, 0.1) is 6.10 Å². The maximum atomic E-state index is 12.0. The molecule has 0 saturated heterocycles. The summed E-state index contributed by atoms with van der Waals surface area (Å²) in [5, 5.41) is 18.3. The van der Waals surface area contributed by atoms with Gasteiger partial charge in [-0.05, 0) is 31.6 Å². The van der Waals surface area contributed by atoms with E-state index in [9.17, 15) is 14.7 Å². The fourth-order valence-corrected chi connectivity index (χ4v) is 3.20. The molecule has 0 spiro atoms. The fraction of sp³-hybridized carbons (Fsp3) is 0.778. The van der Waals surface area contributed by atoms with Crippen LogP contribution >= 0.6 is 0 Å². The SMILES string of the molecule is CCCC(O)C=CC1CCC(=O)C1CCCCCCC(=O)O. The van der Waals surface area contributed by atoms with Crippen molar-refractivity contribution < 1.29 is 19.8 Å². The minimum atomic E-state index is -0.734. The average Bonchev–Trinajstić information content (AvgIpc) is 2.81. The monoisotopic (exact) mass is 310 g/mol. The average molecular weight is 310 g/mol. The van der Waals surface area contributed by atoms with Crippen LogP contribution in [0.25, 0.3) is 0 Å². The molecule has 0 amide bonds. The Bertz CT molecular complexity index is 375. The number of Topliss-reactive ketones (excluding diaryl/α,β-unsaturated/α-hetero) is 1. The highest BCUT2D eigenvalue weighted by Crippen LogP contribution is 2.34. The quantitative estimate of drug-likeness (QED) is 0.450. The summed E-state index contributed by atoms with van der Waals surface area (Å²) in [5.41, 5.74) is 0. The predicted octanol–water partition coefficient (Wildman–Crippen LogP) is 3.72. The van der Waals surface area contributed by atoms with Crippen LogP contribution in [0.5, 0.6) is 0 Å². The zero-order chi connectivity index (χ0) is 16.4. The van der Waals surface area contributed by atoms with E-state index in [1.807, 2.05) is 19.1 Å². The number of carboxylic acid groups (broad SMARTS) is 1. The van der Waals surface area contributed by atoms with Gasteiger partial charge in [-0.3, -0.25) is 9.59 Å².